The van der Waals surface area contributed by atoms with Crippen molar-refractivity contribution in [1.29, 1.82) is 0 Å². The molecule has 1 aromatic carbocycles. The molecule has 3 rings (SSSR count). The Bertz CT molecular complexity index is 874. The van der Waals surface area contributed by atoms with Gasteiger partial charge in [0.25, 0.3) is 5.91 Å². The summed E-state index contributed by atoms with van der Waals surface area (Å²) in [5.41, 5.74) is 1.57. The summed E-state index contributed by atoms with van der Waals surface area (Å²) in [5.74, 6) is 1.35. The van der Waals surface area contributed by atoms with Gasteiger partial charge in [0.1, 0.15) is 5.76 Å². The predicted molar refractivity (Wildman–Crippen MR) is 126 cm³/mol. The number of nitrogens with zero attached hydrogens (tertiary/aromatic N) is 2. The van der Waals surface area contributed by atoms with Crippen molar-refractivity contribution in [3.05, 3.63) is 59.5 Å². The Labute approximate surface area is 190 Å². The van der Waals surface area contributed by atoms with E-state index in [1.807, 2.05) is 31.2 Å². The molecule has 174 valence electrons. The van der Waals surface area contributed by atoms with E-state index in [9.17, 15) is 4.79 Å². The lowest BCUT2D eigenvalue weighted by molar-refractivity contribution is -0.00834. The molecule has 0 radical (unpaired) electrons. The minimum atomic E-state index is -0.135. The minimum absolute atomic E-state index is 0.00797. The van der Waals surface area contributed by atoms with Crippen LogP contribution in [0.2, 0.25) is 0 Å². The fraction of sp³-hybridized carbons (Fsp3) is 0.500. The summed E-state index contributed by atoms with van der Waals surface area (Å²) in [4.78, 5) is 19.6. The molecule has 3 N–H and O–H groups in total. The second-order valence-electron chi connectivity index (χ2n) is 8.42. The molecule has 1 saturated heterocycles. The van der Waals surface area contributed by atoms with Crippen LogP contribution in [0, 0.1) is 0 Å². The molecule has 8 heteroatoms. The third-order valence-corrected chi connectivity index (χ3v) is 5.51. The van der Waals surface area contributed by atoms with Crippen LogP contribution in [0.15, 0.2) is 52.1 Å². The number of amides is 1. The first kappa shape index (κ1) is 23.8. The van der Waals surface area contributed by atoms with Crippen LogP contribution in [0.4, 0.5) is 0 Å². The SMILES string of the molecule is CCNC(=NCc1cccc(C(=O)NCc2ccco2)c1)NCC(C)(C)N1CCOCC1. The van der Waals surface area contributed by atoms with Gasteiger partial charge < -0.3 is 25.1 Å². The van der Waals surface area contributed by atoms with Gasteiger partial charge in [-0.1, -0.05) is 12.1 Å². The van der Waals surface area contributed by atoms with E-state index < -0.39 is 0 Å². The van der Waals surface area contributed by atoms with Gasteiger partial charge >= 0.3 is 0 Å². The Morgan fingerprint density at radius 1 is 1.12 bits per heavy atom. The first-order valence-electron chi connectivity index (χ1n) is 11.2. The van der Waals surface area contributed by atoms with Crippen LogP contribution in [0.25, 0.3) is 0 Å². The first-order chi connectivity index (χ1) is 15.5. The standard InChI is InChI=1S/C24H35N5O3/c1-4-25-23(28-18-24(2,3)29-10-13-31-14-11-29)27-16-19-7-5-8-20(15-19)22(30)26-17-21-9-6-12-32-21/h5-9,12,15H,4,10-11,13-14,16-18H2,1-3H3,(H,26,30)(H2,25,27,28). The lowest BCUT2D eigenvalue weighted by atomic mass is 10.0. The van der Waals surface area contributed by atoms with E-state index in [0.29, 0.717) is 18.7 Å². The molecule has 0 atom stereocenters. The second kappa shape index (κ2) is 11.7. The van der Waals surface area contributed by atoms with Gasteiger partial charge in [-0.2, -0.15) is 0 Å². The molecule has 8 nitrogen and oxygen atoms in total. The van der Waals surface area contributed by atoms with Crippen molar-refractivity contribution in [2.75, 3.05) is 39.4 Å². The Morgan fingerprint density at radius 3 is 2.66 bits per heavy atom. The van der Waals surface area contributed by atoms with E-state index >= 15 is 0 Å². The minimum Gasteiger partial charge on any atom is -0.467 e. The monoisotopic (exact) mass is 441 g/mol. The summed E-state index contributed by atoms with van der Waals surface area (Å²) in [6, 6.07) is 11.2. The van der Waals surface area contributed by atoms with Crippen LogP contribution in [0.3, 0.4) is 0 Å². The lowest BCUT2D eigenvalue weighted by Gasteiger charge is -2.41. The molecule has 1 aromatic heterocycles. The molecule has 1 amide bonds. The summed E-state index contributed by atoms with van der Waals surface area (Å²) < 4.78 is 10.7. The number of aliphatic imine (C=N–C) groups is 1. The van der Waals surface area contributed by atoms with Crippen molar-refractivity contribution in [3.8, 4) is 0 Å². The van der Waals surface area contributed by atoms with Crippen molar-refractivity contribution in [2.45, 2.75) is 39.4 Å². The van der Waals surface area contributed by atoms with Crippen molar-refractivity contribution < 1.29 is 13.9 Å². The van der Waals surface area contributed by atoms with Crippen LogP contribution < -0.4 is 16.0 Å². The van der Waals surface area contributed by atoms with Crippen LogP contribution in [0.1, 0.15) is 42.5 Å². The average molecular weight is 442 g/mol. The topological polar surface area (TPSA) is 91.1 Å². The molecule has 2 aromatic rings. The van der Waals surface area contributed by atoms with Crippen LogP contribution in [0.5, 0.6) is 0 Å². The van der Waals surface area contributed by atoms with Crippen molar-refractivity contribution in [2.24, 2.45) is 4.99 Å². The molecule has 0 bridgehead atoms. The maximum Gasteiger partial charge on any atom is 0.251 e. The van der Waals surface area contributed by atoms with Crippen molar-refractivity contribution in [1.82, 2.24) is 20.9 Å². The number of hydrogen-bond acceptors (Lipinski definition) is 5. The van der Waals surface area contributed by atoms with Gasteiger partial charge in [-0.3, -0.25) is 9.69 Å². The number of guanidine groups is 1. The number of ether oxygens (including phenoxy) is 1. The Morgan fingerprint density at radius 2 is 1.94 bits per heavy atom. The second-order valence-corrected chi connectivity index (χ2v) is 8.42. The highest BCUT2D eigenvalue weighted by atomic mass is 16.5. The number of rotatable bonds is 9. The maximum atomic E-state index is 12.5. The van der Waals surface area contributed by atoms with E-state index in [0.717, 1.165) is 56.7 Å². The number of furan rings is 1. The molecule has 1 aliphatic heterocycles. The van der Waals surface area contributed by atoms with Gasteiger partial charge in [-0.05, 0) is 50.6 Å². The summed E-state index contributed by atoms with van der Waals surface area (Å²) in [6.07, 6.45) is 1.60. The lowest BCUT2D eigenvalue weighted by Crippen LogP contribution is -2.56. The maximum absolute atomic E-state index is 12.5. The summed E-state index contributed by atoms with van der Waals surface area (Å²) in [7, 11) is 0. The Hall–Kier alpha value is -2.84. The quantitative estimate of drug-likeness (QED) is 0.409. The van der Waals surface area contributed by atoms with Crippen molar-refractivity contribution in [3.63, 3.8) is 0 Å². The third-order valence-electron chi connectivity index (χ3n) is 5.51. The molecule has 1 fully saturated rings. The van der Waals surface area contributed by atoms with Crippen LogP contribution >= 0.6 is 0 Å². The normalized spacial score (nSPS) is 15.4. The summed E-state index contributed by atoms with van der Waals surface area (Å²) >= 11 is 0. The fourth-order valence-electron chi connectivity index (χ4n) is 3.59. The van der Waals surface area contributed by atoms with Gasteiger partial charge in [-0.15, -0.1) is 0 Å². The van der Waals surface area contributed by atoms with Gasteiger partial charge in [0.2, 0.25) is 0 Å². The van der Waals surface area contributed by atoms with Crippen LogP contribution in [-0.2, 0) is 17.8 Å². The highest BCUT2D eigenvalue weighted by Gasteiger charge is 2.28. The zero-order chi connectivity index (χ0) is 22.8. The van der Waals surface area contributed by atoms with E-state index in [4.69, 9.17) is 14.1 Å². The largest absolute Gasteiger partial charge is 0.467 e. The van der Waals surface area contributed by atoms with Crippen LogP contribution in [-0.4, -0.2) is 61.7 Å². The molecular weight excluding hydrogens is 406 g/mol. The number of carbonyl (C=O) groups is 1. The Balaban J connectivity index is 1.56. The molecule has 32 heavy (non-hydrogen) atoms. The third kappa shape index (κ3) is 7.10. The summed E-state index contributed by atoms with van der Waals surface area (Å²) in [6.45, 7) is 12.4. The number of benzene rings is 1. The number of carbonyl (C=O) groups excluding carboxylic acids is 1. The van der Waals surface area contributed by atoms with Gasteiger partial charge in [0, 0.05) is 37.3 Å². The number of nitrogens with one attached hydrogen (secondary N) is 3. The smallest absolute Gasteiger partial charge is 0.251 e. The van der Waals surface area contributed by atoms with Gasteiger partial charge in [0.05, 0.1) is 32.6 Å². The van der Waals surface area contributed by atoms with Crippen molar-refractivity contribution >= 4 is 11.9 Å². The van der Waals surface area contributed by atoms with Gasteiger partial charge in [0.15, 0.2) is 5.96 Å². The first-order valence-corrected chi connectivity index (χ1v) is 11.2. The zero-order valence-electron chi connectivity index (χ0n) is 19.3. The van der Waals surface area contributed by atoms with E-state index in [2.05, 4.69) is 34.7 Å². The molecule has 2 heterocycles. The summed E-state index contributed by atoms with van der Waals surface area (Å²) in [5, 5.41) is 9.65. The highest BCUT2D eigenvalue weighted by Crippen LogP contribution is 2.15. The Kier molecular flexibility index (Phi) is 8.70. The predicted octanol–water partition coefficient (Wildman–Crippen LogP) is 2.38. The molecule has 0 unspecified atom stereocenters. The highest BCUT2D eigenvalue weighted by molar-refractivity contribution is 5.94. The number of hydrogen-bond donors (Lipinski definition) is 3. The fourth-order valence-corrected chi connectivity index (χ4v) is 3.59. The van der Waals surface area contributed by atoms with E-state index in [1.54, 1.807) is 18.4 Å². The average Bonchev–Trinajstić information content (AvgIpc) is 3.34. The number of morpholine rings is 1. The van der Waals surface area contributed by atoms with E-state index in [1.165, 1.54) is 0 Å². The molecule has 0 saturated carbocycles. The van der Waals surface area contributed by atoms with E-state index in [-0.39, 0.29) is 11.4 Å². The zero-order valence-corrected chi connectivity index (χ0v) is 19.3. The molecule has 0 spiro atoms. The molecule has 1 aliphatic rings. The molecule has 0 aliphatic carbocycles. The van der Waals surface area contributed by atoms with Gasteiger partial charge in [-0.25, -0.2) is 4.99 Å². The molecular formula is C24H35N5O3.